The van der Waals surface area contributed by atoms with Crippen molar-refractivity contribution in [1.82, 2.24) is 0 Å². The molecule has 4 rings (SSSR count). The van der Waals surface area contributed by atoms with Crippen LogP contribution in [0.25, 0.3) is 0 Å². The van der Waals surface area contributed by atoms with Crippen LogP contribution in [0.15, 0.2) is 22.7 Å². The number of allylic oxidation sites excluding steroid dienone is 2. The van der Waals surface area contributed by atoms with Crippen molar-refractivity contribution in [3.05, 3.63) is 22.7 Å². The zero-order valence-corrected chi connectivity index (χ0v) is 21.5. The minimum atomic E-state index is -1.55. The number of methoxy groups -OCH3 is 2. The third-order valence-corrected chi connectivity index (χ3v) is 8.88. The van der Waals surface area contributed by atoms with Crippen LogP contribution in [0.1, 0.15) is 38.5 Å². The molecule has 3 aliphatic carbocycles. The lowest BCUT2D eigenvalue weighted by molar-refractivity contribution is -0.305. The molecular formula is C26H42O11. The first kappa shape index (κ1) is 28.7. The predicted octanol–water partition coefficient (Wildman–Crippen LogP) is -0.270. The Bertz CT molecular complexity index is 842. The summed E-state index contributed by atoms with van der Waals surface area (Å²) in [5.74, 6) is 0.301. The lowest BCUT2D eigenvalue weighted by atomic mass is 9.59. The molecular weight excluding hydrogens is 488 g/mol. The van der Waals surface area contributed by atoms with E-state index in [4.69, 9.17) is 18.9 Å². The second kappa shape index (κ2) is 12.3. The molecule has 1 saturated carbocycles. The largest absolute Gasteiger partial charge is 0.508 e. The van der Waals surface area contributed by atoms with Crippen molar-refractivity contribution >= 4 is 0 Å². The summed E-state index contributed by atoms with van der Waals surface area (Å²) in [6.07, 6.45) is -4.49. The van der Waals surface area contributed by atoms with Gasteiger partial charge in [-0.15, -0.1) is 0 Å². The lowest BCUT2D eigenvalue weighted by Crippen LogP contribution is -2.59. The number of aliphatic hydroxyl groups excluding tert-OH is 7. The van der Waals surface area contributed by atoms with Crippen LogP contribution in [0.4, 0.5) is 0 Å². The van der Waals surface area contributed by atoms with E-state index in [0.29, 0.717) is 37.9 Å². The molecule has 6 unspecified atom stereocenters. The normalized spacial score (nSPS) is 43.1. The molecule has 0 aromatic rings. The van der Waals surface area contributed by atoms with Gasteiger partial charge in [-0.25, -0.2) is 0 Å². The first-order valence-corrected chi connectivity index (χ1v) is 13.1. The second-order valence-electron chi connectivity index (χ2n) is 10.8. The molecule has 7 N–H and O–H groups in total. The van der Waals surface area contributed by atoms with Crippen LogP contribution in [-0.2, 0) is 18.9 Å². The average molecular weight is 531 g/mol. The van der Waals surface area contributed by atoms with Crippen molar-refractivity contribution in [3.8, 4) is 0 Å². The van der Waals surface area contributed by atoms with Gasteiger partial charge >= 0.3 is 0 Å². The zero-order chi connectivity index (χ0) is 26.9. The minimum absolute atomic E-state index is 0.0771. The molecule has 1 aliphatic heterocycles. The molecule has 0 amide bonds. The van der Waals surface area contributed by atoms with Crippen molar-refractivity contribution in [2.24, 2.45) is 23.7 Å². The van der Waals surface area contributed by atoms with Gasteiger partial charge in [-0.2, -0.15) is 0 Å². The summed E-state index contributed by atoms with van der Waals surface area (Å²) in [6, 6.07) is 0. The Labute approximate surface area is 216 Å². The van der Waals surface area contributed by atoms with Gasteiger partial charge in [-0.1, -0.05) is 11.1 Å². The van der Waals surface area contributed by atoms with Gasteiger partial charge < -0.3 is 54.7 Å². The fraction of sp³-hybridized carbons (Fsp3) is 0.846. The summed E-state index contributed by atoms with van der Waals surface area (Å²) in [4.78, 5) is 0. The Kier molecular flexibility index (Phi) is 9.53. The van der Waals surface area contributed by atoms with Crippen LogP contribution in [-0.4, -0.2) is 113 Å². The van der Waals surface area contributed by atoms with Gasteiger partial charge in [0.2, 0.25) is 0 Å². The molecule has 11 heteroatoms. The fourth-order valence-electron chi connectivity index (χ4n) is 6.79. The molecule has 4 aliphatic rings. The highest BCUT2D eigenvalue weighted by Crippen LogP contribution is 2.51. The lowest BCUT2D eigenvalue weighted by Gasteiger charge is -2.48. The highest BCUT2D eigenvalue weighted by Gasteiger charge is 2.48. The predicted molar refractivity (Wildman–Crippen MR) is 129 cm³/mol. The van der Waals surface area contributed by atoms with Crippen molar-refractivity contribution in [2.75, 3.05) is 34.0 Å². The van der Waals surface area contributed by atoms with E-state index >= 15 is 0 Å². The minimum Gasteiger partial charge on any atom is -0.508 e. The van der Waals surface area contributed by atoms with Crippen LogP contribution in [0, 0.1) is 23.7 Å². The van der Waals surface area contributed by atoms with Crippen LogP contribution >= 0.6 is 0 Å². The van der Waals surface area contributed by atoms with Gasteiger partial charge in [0.05, 0.1) is 32.5 Å². The van der Waals surface area contributed by atoms with Crippen molar-refractivity contribution in [2.45, 2.75) is 81.4 Å². The molecule has 11 atom stereocenters. The maximum atomic E-state index is 10.7. The van der Waals surface area contributed by atoms with Crippen LogP contribution in [0.2, 0.25) is 0 Å². The van der Waals surface area contributed by atoms with Gasteiger partial charge in [-0.3, -0.25) is 0 Å². The summed E-state index contributed by atoms with van der Waals surface area (Å²) in [6.45, 7) is -0.576. The molecule has 212 valence electrons. The summed E-state index contributed by atoms with van der Waals surface area (Å²) in [7, 11) is 3.11. The number of ether oxygens (including phenoxy) is 4. The average Bonchev–Trinajstić information content (AvgIpc) is 2.90. The molecule has 2 fully saturated rings. The third-order valence-electron chi connectivity index (χ3n) is 8.88. The highest BCUT2D eigenvalue weighted by atomic mass is 16.7. The summed E-state index contributed by atoms with van der Waals surface area (Å²) in [5.41, 5.74) is 2.21. The molecule has 11 nitrogen and oxygen atoms in total. The maximum absolute atomic E-state index is 10.7. The van der Waals surface area contributed by atoms with Gasteiger partial charge in [0.1, 0.15) is 35.9 Å². The first-order valence-electron chi connectivity index (χ1n) is 13.1. The Balaban J connectivity index is 1.61. The smallest absolute Gasteiger partial charge is 0.186 e. The van der Waals surface area contributed by atoms with Gasteiger partial charge in [0, 0.05) is 26.6 Å². The topological polar surface area (TPSA) is 179 Å². The SMILES string of the molecule is COC1=C(O)CC2=C(C1)CC(CO)C(CO[C@@H]1O[C@H](CO)[C@@H](O)[C@H](O)[C@H]1O)C2C1CCC(O)C(OC)C1. The third kappa shape index (κ3) is 5.70. The van der Waals surface area contributed by atoms with E-state index in [-0.39, 0.29) is 48.7 Å². The fourth-order valence-corrected chi connectivity index (χ4v) is 6.79. The first-order chi connectivity index (χ1) is 17.7. The van der Waals surface area contributed by atoms with Gasteiger partial charge in [0.25, 0.3) is 0 Å². The molecule has 1 heterocycles. The van der Waals surface area contributed by atoms with Crippen molar-refractivity contribution in [1.29, 1.82) is 0 Å². The summed E-state index contributed by atoms with van der Waals surface area (Å²) >= 11 is 0. The molecule has 0 bridgehead atoms. The Morgan fingerprint density at radius 3 is 2.35 bits per heavy atom. The number of aliphatic hydroxyl groups is 7. The van der Waals surface area contributed by atoms with E-state index in [1.165, 1.54) is 7.11 Å². The Hall–Kier alpha value is -1.28. The van der Waals surface area contributed by atoms with E-state index < -0.39 is 43.4 Å². The van der Waals surface area contributed by atoms with E-state index in [9.17, 15) is 35.7 Å². The zero-order valence-electron chi connectivity index (χ0n) is 21.5. The van der Waals surface area contributed by atoms with Crippen LogP contribution in [0.3, 0.4) is 0 Å². The molecule has 37 heavy (non-hydrogen) atoms. The van der Waals surface area contributed by atoms with Crippen LogP contribution < -0.4 is 0 Å². The molecule has 0 aromatic heterocycles. The maximum Gasteiger partial charge on any atom is 0.186 e. The van der Waals surface area contributed by atoms with E-state index in [1.807, 2.05) is 0 Å². The Morgan fingerprint density at radius 2 is 1.70 bits per heavy atom. The second-order valence-corrected chi connectivity index (χ2v) is 10.8. The highest BCUT2D eigenvalue weighted by molar-refractivity contribution is 5.35. The Morgan fingerprint density at radius 1 is 0.946 bits per heavy atom. The number of hydrogen-bond donors (Lipinski definition) is 7. The molecule has 0 spiro atoms. The van der Waals surface area contributed by atoms with E-state index in [1.54, 1.807) is 7.11 Å². The van der Waals surface area contributed by atoms with Crippen molar-refractivity contribution < 1.29 is 54.7 Å². The molecule has 0 radical (unpaired) electrons. The molecule has 0 aromatic carbocycles. The van der Waals surface area contributed by atoms with Crippen molar-refractivity contribution in [3.63, 3.8) is 0 Å². The monoisotopic (exact) mass is 530 g/mol. The summed E-state index contributed by atoms with van der Waals surface area (Å²) in [5, 5.41) is 71.8. The van der Waals surface area contributed by atoms with Crippen LogP contribution in [0.5, 0.6) is 0 Å². The number of rotatable bonds is 8. The molecule has 1 saturated heterocycles. The summed E-state index contributed by atoms with van der Waals surface area (Å²) < 4.78 is 22.5. The quantitative estimate of drug-likeness (QED) is 0.205. The number of hydrogen-bond acceptors (Lipinski definition) is 11. The van der Waals surface area contributed by atoms with E-state index in [2.05, 4.69) is 0 Å². The van der Waals surface area contributed by atoms with Gasteiger partial charge in [0.15, 0.2) is 6.29 Å². The van der Waals surface area contributed by atoms with Gasteiger partial charge in [-0.05, 0) is 49.4 Å². The van der Waals surface area contributed by atoms with E-state index in [0.717, 1.165) is 17.6 Å². The standard InChI is InChI=1S/C26H42O11/c1-34-19-6-12(3-4-17(19)29)22-15-8-18(30)20(35-2)7-13(15)5-14(9-27)16(22)11-36-26-25(33)24(32)23(31)21(10-28)37-26/h12,14,16-17,19,21-33H,3-11H2,1-2H3/t12?,14?,16?,17?,19?,21-,22?,23-,24+,25-,26-/m1/s1.